The number of anilines is 1. The fourth-order valence-corrected chi connectivity index (χ4v) is 4.37. The Kier molecular flexibility index (Phi) is 5.79. The Morgan fingerprint density at radius 3 is 2.59 bits per heavy atom. The van der Waals surface area contributed by atoms with E-state index in [2.05, 4.69) is 10.3 Å². The quantitative estimate of drug-likeness (QED) is 0.489. The maximum absolute atomic E-state index is 12.4. The number of aromatic nitrogens is 2. The van der Waals surface area contributed by atoms with E-state index in [1.54, 1.807) is 31.1 Å². The molecule has 4 aromatic rings. The van der Waals surface area contributed by atoms with Crippen LogP contribution in [0.5, 0.6) is 0 Å². The van der Waals surface area contributed by atoms with E-state index in [1.807, 2.05) is 58.3 Å². The number of nitrogens with zero attached hydrogens (tertiary/aromatic N) is 4. The topological polar surface area (TPSA) is 83.6 Å². The van der Waals surface area contributed by atoms with Crippen LogP contribution in [0.25, 0.3) is 16.7 Å². The standard InChI is InChI=1S/C26H27N5O3/c1-29(2)25(32)19-5-7-22-18(16-19)9-14-31(22)24-8-6-21(17-27-24)28-20-10-12-30(13-11-20)26(33)23-4-3-15-34-23/h3-9,14-17,20,28H,10-13H2,1-2H3. The largest absolute Gasteiger partial charge is 0.459 e. The zero-order chi connectivity index (χ0) is 23.7. The molecular weight excluding hydrogens is 430 g/mol. The van der Waals surface area contributed by atoms with Crippen molar-refractivity contribution in [3.63, 3.8) is 0 Å². The summed E-state index contributed by atoms with van der Waals surface area (Å²) in [5.41, 5.74) is 2.62. The monoisotopic (exact) mass is 457 g/mol. The van der Waals surface area contributed by atoms with E-state index in [1.165, 1.54) is 6.26 Å². The third-order valence-electron chi connectivity index (χ3n) is 6.22. The predicted molar refractivity (Wildman–Crippen MR) is 130 cm³/mol. The number of hydrogen-bond donors (Lipinski definition) is 1. The summed E-state index contributed by atoms with van der Waals surface area (Å²) in [6.45, 7) is 1.38. The number of furan rings is 1. The van der Waals surface area contributed by atoms with Crippen LogP contribution in [0.3, 0.4) is 0 Å². The van der Waals surface area contributed by atoms with Gasteiger partial charge in [0.05, 0.1) is 23.7 Å². The second-order valence-electron chi connectivity index (χ2n) is 8.75. The number of amides is 2. The minimum Gasteiger partial charge on any atom is -0.459 e. The highest BCUT2D eigenvalue weighted by Crippen LogP contribution is 2.23. The van der Waals surface area contributed by atoms with Crippen molar-refractivity contribution in [2.24, 2.45) is 0 Å². The maximum atomic E-state index is 12.4. The van der Waals surface area contributed by atoms with Gasteiger partial charge >= 0.3 is 0 Å². The van der Waals surface area contributed by atoms with Gasteiger partial charge in [0.15, 0.2) is 5.76 Å². The van der Waals surface area contributed by atoms with Gasteiger partial charge in [0.1, 0.15) is 5.82 Å². The molecule has 1 saturated heterocycles. The molecule has 1 aromatic carbocycles. The minimum atomic E-state index is -0.0494. The Hall–Kier alpha value is -4.07. The molecule has 3 aromatic heterocycles. The van der Waals surface area contributed by atoms with Crippen LogP contribution in [-0.4, -0.2) is 64.4 Å². The van der Waals surface area contributed by atoms with E-state index in [0.29, 0.717) is 24.4 Å². The summed E-state index contributed by atoms with van der Waals surface area (Å²) in [5.74, 6) is 1.14. The van der Waals surface area contributed by atoms with Crippen molar-refractivity contribution in [1.29, 1.82) is 0 Å². The number of piperidine rings is 1. The number of carbonyl (C=O) groups excluding carboxylic acids is 2. The molecule has 0 atom stereocenters. The molecule has 2 amide bonds. The molecule has 8 heteroatoms. The van der Waals surface area contributed by atoms with E-state index in [0.717, 1.165) is 35.2 Å². The van der Waals surface area contributed by atoms with Crippen LogP contribution in [0.1, 0.15) is 33.8 Å². The van der Waals surface area contributed by atoms with Crippen LogP contribution in [-0.2, 0) is 0 Å². The Balaban J connectivity index is 1.23. The van der Waals surface area contributed by atoms with Gasteiger partial charge in [-0.3, -0.25) is 9.59 Å². The van der Waals surface area contributed by atoms with E-state index < -0.39 is 0 Å². The highest BCUT2D eigenvalue weighted by molar-refractivity contribution is 5.98. The van der Waals surface area contributed by atoms with Crippen LogP contribution >= 0.6 is 0 Å². The zero-order valence-electron chi connectivity index (χ0n) is 19.3. The molecule has 4 heterocycles. The smallest absolute Gasteiger partial charge is 0.289 e. The molecule has 174 valence electrons. The third kappa shape index (κ3) is 4.26. The lowest BCUT2D eigenvalue weighted by molar-refractivity contribution is 0.0686. The van der Waals surface area contributed by atoms with Gasteiger partial charge in [0.2, 0.25) is 0 Å². The van der Waals surface area contributed by atoms with Crippen molar-refractivity contribution in [2.75, 3.05) is 32.5 Å². The van der Waals surface area contributed by atoms with Crippen molar-refractivity contribution in [2.45, 2.75) is 18.9 Å². The molecule has 1 aliphatic rings. The number of likely N-dealkylation sites (tertiary alicyclic amines) is 1. The lowest BCUT2D eigenvalue weighted by Crippen LogP contribution is -2.42. The number of hydrogen-bond acceptors (Lipinski definition) is 5. The predicted octanol–water partition coefficient (Wildman–Crippen LogP) is 4.04. The van der Waals surface area contributed by atoms with Gasteiger partial charge in [-0.05, 0) is 61.4 Å². The Labute approximate surface area is 197 Å². The van der Waals surface area contributed by atoms with Crippen molar-refractivity contribution in [1.82, 2.24) is 19.4 Å². The second-order valence-corrected chi connectivity index (χ2v) is 8.75. The van der Waals surface area contributed by atoms with Gasteiger partial charge in [-0.15, -0.1) is 0 Å². The highest BCUT2D eigenvalue weighted by Gasteiger charge is 2.25. The first-order chi connectivity index (χ1) is 16.5. The fourth-order valence-electron chi connectivity index (χ4n) is 4.37. The second kappa shape index (κ2) is 9.05. The average Bonchev–Trinajstić information content (AvgIpc) is 3.54. The van der Waals surface area contributed by atoms with Gasteiger partial charge in [0, 0.05) is 50.4 Å². The molecular formula is C26H27N5O3. The van der Waals surface area contributed by atoms with Gasteiger partial charge in [-0.1, -0.05) is 0 Å². The Morgan fingerprint density at radius 1 is 1.09 bits per heavy atom. The van der Waals surface area contributed by atoms with Crippen LogP contribution < -0.4 is 5.32 Å². The first-order valence-electron chi connectivity index (χ1n) is 11.4. The number of rotatable bonds is 5. The van der Waals surface area contributed by atoms with Crippen molar-refractivity contribution >= 4 is 28.4 Å². The van der Waals surface area contributed by atoms with Crippen LogP contribution in [0, 0.1) is 0 Å². The zero-order valence-corrected chi connectivity index (χ0v) is 19.3. The summed E-state index contributed by atoms with van der Waals surface area (Å²) >= 11 is 0. The molecule has 1 fully saturated rings. The van der Waals surface area contributed by atoms with Gasteiger partial charge < -0.3 is 24.1 Å². The third-order valence-corrected chi connectivity index (χ3v) is 6.22. The van der Waals surface area contributed by atoms with Gasteiger partial charge in [-0.2, -0.15) is 0 Å². The first-order valence-corrected chi connectivity index (χ1v) is 11.4. The molecule has 0 unspecified atom stereocenters. The maximum Gasteiger partial charge on any atom is 0.289 e. The molecule has 1 aliphatic heterocycles. The number of fused-ring (bicyclic) bond motifs is 1. The summed E-state index contributed by atoms with van der Waals surface area (Å²) in [4.78, 5) is 32.7. The van der Waals surface area contributed by atoms with E-state index >= 15 is 0 Å². The van der Waals surface area contributed by atoms with Crippen molar-refractivity contribution < 1.29 is 14.0 Å². The van der Waals surface area contributed by atoms with E-state index in [-0.39, 0.29) is 17.9 Å². The van der Waals surface area contributed by atoms with Crippen molar-refractivity contribution in [3.8, 4) is 5.82 Å². The Morgan fingerprint density at radius 2 is 1.91 bits per heavy atom. The van der Waals surface area contributed by atoms with E-state index in [4.69, 9.17) is 4.42 Å². The van der Waals surface area contributed by atoms with E-state index in [9.17, 15) is 9.59 Å². The lowest BCUT2D eigenvalue weighted by atomic mass is 10.0. The molecule has 8 nitrogen and oxygen atoms in total. The summed E-state index contributed by atoms with van der Waals surface area (Å²) < 4.78 is 7.25. The fraction of sp³-hybridized carbons (Fsp3) is 0.269. The molecule has 0 saturated carbocycles. The normalized spacial score (nSPS) is 14.4. The van der Waals surface area contributed by atoms with Gasteiger partial charge in [0.25, 0.3) is 11.8 Å². The highest BCUT2D eigenvalue weighted by atomic mass is 16.3. The molecule has 0 aliphatic carbocycles. The number of pyridine rings is 1. The first kappa shape index (κ1) is 21.8. The molecule has 34 heavy (non-hydrogen) atoms. The summed E-state index contributed by atoms with van der Waals surface area (Å²) in [6, 6.07) is 15.4. The van der Waals surface area contributed by atoms with Crippen molar-refractivity contribution in [3.05, 3.63) is 78.5 Å². The number of nitrogens with one attached hydrogen (secondary N) is 1. The molecule has 0 spiro atoms. The summed E-state index contributed by atoms with van der Waals surface area (Å²) in [7, 11) is 3.50. The van der Waals surface area contributed by atoms with Gasteiger partial charge in [-0.25, -0.2) is 4.98 Å². The van der Waals surface area contributed by atoms with Crippen LogP contribution in [0.2, 0.25) is 0 Å². The SMILES string of the molecule is CN(C)C(=O)c1ccc2c(ccn2-c2ccc(NC3CCN(C(=O)c4ccco4)CC3)cn2)c1. The summed E-state index contributed by atoms with van der Waals surface area (Å²) in [5, 5.41) is 4.53. The molecule has 0 radical (unpaired) electrons. The molecule has 1 N–H and O–H groups in total. The van der Waals surface area contributed by atoms with Crippen LogP contribution in [0.4, 0.5) is 5.69 Å². The molecule has 0 bridgehead atoms. The number of carbonyl (C=O) groups is 2. The van der Waals surface area contributed by atoms with Crippen LogP contribution in [0.15, 0.2) is 71.6 Å². The molecule has 5 rings (SSSR count). The Bertz CT molecular complexity index is 1300. The average molecular weight is 458 g/mol. The number of benzene rings is 1. The summed E-state index contributed by atoms with van der Waals surface area (Å²) in [6.07, 6.45) is 7.06. The minimum absolute atomic E-state index is 0.0145. The lowest BCUT2D eigenvalue weighted by Gasteiger charge is -2.32.